The fourth-order valence-electron chi connectivity index (χ4n) is 5.13. The second-order valence-electron chi connectivity index (χ2n) is 12.6. The quantitative estimate of drug-likeness (QED) is 0.398. The molecular formula is C25H50BN3O7S. The molecule has 2 fully saturated rings. The van der Waals surface area contributed by atoms with E-state index < -0.39 is 28.8 Å². The minimum absolute atomic E-state index is 0.0296. The Morgan fingerprint density at radius 1 is 1.19 bits per heavy atom. The molecule has 0 bridgehead atoms. The summed E-state index contributed by atoms with van der Waals surface area (Å²) in [6.45, 7) is 18.4. The van der Waals surface area contributed by atoms with E-state index in [0.29, 0.717) is 11.8 Å². The molecule has 1 heterocycles. The summed E-state index contributed by atoms with van der Waals surface area (Å²) in [6, 6.07) is 0. The van der Waals surface area contributed by atoms with Gasteiger partial charge in [0.25, 0.3) is 0 Å². The molecule has 12 heteroatoms. The third-order valence-electron chi connectivity index (χ3n) is 6.83. The molecule has 3 N–H and O–H groups in total. The lowest BCUT2D eigenvalue weighted by Crippen LogP contribution is -2.52. The average Bonchev–Trinajstić information content (AvgIpc) is 3.04. The number of fused-ring (bicyclic) bond motifs is 1. The number of rotatable bonds is 8. The zero-order valence-electron chi connectivity index (χ0n) is 24.7. The summed E-state index contributed by atoms with van der Waals surface area (Å²) in [5, 5.41) is 5.54. The van der Waals surface area contributed by atoms with Gasteiger partial charge in [-0.05, 0) is 71.3 Å². The summed E-state index contributed by atoms with van der Waals surface area (Å²) in [6.07, 6.45) is 4.28. The van der Waals surface area contributed by atoms with Gasteiger partial charge in [0.15, 0.2) is 0 Å². The molecular weight excluding hydrogens is 497 g/mol. The van der Waals surface area contributed by atoms with Gasteiger partial charge >= 0.3 is 13.2 Å². The predicted octanol–water partition coefficient (Wildman–Crippen LogP) is 3.26. The lowest BCUT2D eigenvalue weighted by Gasteiger charge is -2.48. The normalized spacial score (nSPS) is 26.0. The Hall–Kier alpha value is -1.37. The first-order chi connectivity index (χ1) is 16.7. The first-order valence-corrected chi connectivity index (χ1v) is 15.1. The van der Waals surface area contributed by atoms with Crippen molar-refractivity contribution < 1.29 is 32.1 Å². The molecule has 0 aromatic carbocycles. The van der Waals surface area contributed by atoms with Gasteiger partial charge in [-0.25, -0.2) is 17.9 Å². The van der Waals surface area contributed by atoms with E-state index in [9.17, 15) is 18.0 Å². The van der Waals surface area contributed by atoms with Crippen molar-refractivity contribution in [1.29, 1.82) is 0 Å². The van der Waals surface area contributed by atoms with Crippen LogP contribution in [0, 0.1) is 17.3 Å². The van der Waals surface area contributed by atoms with Crippen molar-refractivity contribution in [3.8, 4) is 0 Å². The number of ether oxygens (including phenoxy) is 1. The molecule has 0 aromatic rings. The summed E-state index contributed by atoms with van der Waals surface area (Å²) in [5.41, 5.74) is -0.775. The van der Waals surface area contributed by atoms with Crippen molar-refractivity contribution in [3.05, 3.63) is 0 Å². The Balaban J connectivity index is 0.00000102. The third kappa shape index (κ3) is 11.5. The van der Waals surface area contributed by atoms with E-state index in [2.05, 4.69) is 56.9 Å². The van der Waals surface area contributed by atoms with Crippen molar-refractivity contribution in [1.82, 2.24) is 15.4 Å². The standard InChI is InChI=1S/C23H43BN2O5.C2H7NO2S/c1-10-16-12-17-23(9,14-22(16,7)8)31-24(30-17)18(11-15(2)3)26-19(27)13-25-20(28)29-21(4,5)6;1-3-6(2,4)5/h15-18H,10-14H2,1-9H3,(H,25,28)(H,26,27);3H,1-2H3/t16?,17?,18?,23-;/m0./s1. The topological polar surface area (TPSA) is 132 Å². The van der Waals surface area contributed by atoms with Crippen LogP contribution >= 0.6 is 0 Å². The summed E-state index contributed by atoms with van der Waals surface area (Å²) < 4.78 is 39.9. The number of hydrogen-bond acceptors (Lipinski definition) is 7. The van der Waals surface area contributed by atoms with Gasteiger partial charge in [-0.3, -0.25) is 4.79 Å². The molecule has 2 amide bonds. The summed E-state index contributed by atoms with van der Waals surface area (Å²) in [7, 11) is -2.03. The molecule has 0 radical (unpaired) electrons. The smallest absolute Gasteiger partial charge is 0.444 e. The van der Waals surface area contributed by atoms with E-state index in [4.69, 9.17) is 14.0 Å². The maximum Gasteiger partial charge on any atom is 0.481 e. The van der Waals surface area contributed by atoms with Crippen LogP contribution in [0.3, 0.4) is 0 Å². The van der Waals surface area contributed by atoms with Crippen LogP contribution < -0.4 is 15.4 Å². The Bertz CT molecular complexity index is 876. The van der Waals surface area contributed by atoms with Gasteiger partial charge in [-0.1, -0.05) is 41.0 Å². The fourth-order valence-corrected chi connectivity index (χ4v) is 5.13. The van der Waals surface area contributed by atoms with E-state index in [1.165, 1.54) is 7.05 Å². The van der Waals surface area contributed by atoms with Crippen LogP contribution in [-0.2, 0) is 28.9 Å². The van der Waals surface area contributed by atoms with Crippen molar-refractivity contribution in [2.45, 2.75) is 111 Å². The van der Waals surface area contributed by atoms with E-state index in [-0.39, 0.29) is 35.5 Å². The molecule has 2 aliphatic rings. The number of hydrogen-bond donors (Lipinski definition) is 3. The minimum atomic E-state index is -2.91. The molecule has 1 saturated heterocycles. The van der Waals surface area contributed by atoms with Gasteiger partial charge in [0.1, 0.15) is 5.60 Å². The molecule has 0 spiro atoms. The number of amides is 2. The highest BCUT2D eigenvalue weighted by molar-refractivity contribution is 7.88. The maximum absolute atomic E-state index is 12.6. The molecule has 10 nitrogen and oxygen atoms in total. The number of sulfonamides is 1. The first kappa shape index (κ1) is 33.7. The SMILES string of the molecule is CCC1CC2OB(C(CC(C)C)NC(=O)CNC(=O)OC(C)(C)C)O[C@@]2(C)CC1(C)C.CNS(C)(=O)=O. The van der Waals surface area contributed by atoms with Crippen LogP contribution in [0.5, 0.6) is 0 Å². The van der Waals surface area contributed by atoms with E-state index in [1.54, 1.807) is 20.8 Å². The lowest BCUT2D eigenvalue weighted by atomic mass is 9.62. The Morgan fingerprint density at radius 3 is 2.22 bits per heavy atom. The first-order valence-electron chi connectivity index (χ1n) is 13.2. The number of carbonyl (C=O) groups excluding carboxylic acids is 2. The van der Waals surface area contributed by atoms with Crippen molar-refractivity contribution in [3.63, 3.8) is 0 Å². The van der Waals surface area contributed by atoms with Crippen molar-refractivity contribution in [2.75, 3.05) is 19.8 Å². The Labute approximate surface area is 224 Å². The van der Waals surface area contributed by atoms with Gasteiger partial charge in [-0.15, -0.1) is 0 Å². The molecule has 4 atom stereocenters. The fraction of sp³-hybridized carbons (Fsp3) is 0.920. The van der Waals surface area contributed by atoms with Gasteiger partial charge in [0.05, 0.1) is 30.4 Å². The third-order valence-corrected chi connectivity index (χ3v) is 7.57. The molecule has 0 aromatic heterocycles. The van der Waals surface area contributed by atoms with Gasteiger partial charge < -0.3 is 24.7 Å². The highest BCUT2D eigenvalue weighted by atomic mass is 32.2. The molecule has 3 unspecified atom stereocenters. The monoisotopic (exact) mass is 547 g/mol. The number of carbonyl (C=O) groups is 2. The number of nitrogens with one attached hydrogen (secondary N) is 3. The largest absolute Gasteiger partial charge is 0.481 e. The van der Waals surface area contributed by atoms with Crippen molar-refractivity contribution in [2.24, 2.45) is 17.3 Å². The van der Waals surface area contributed by atoms with E-state index in [1.807, 2.05) is 0 Å². The van der Waals surface area contributed by atoms with Crippen LogP contribution in [0.25, 0.3) is 0 Å². The number of alkyl carbamates (subject to hydrolysis) is 1. The van der Waals surface area contributed by atoms with Gasteiger partial charge in [-0.2, -0.15) is 0 Å². The van der Waals surface area contributed by atoms with Crippen LogP contribution in [-0.4, -0.2) is 70.6 Å². The molecule has 2 rings (SSSR count). The van der Waals surface area contributed by atoms with Crippen molar-refractivity contribution >= 4 is 29.1 Å². The minimum Gasteiger partial charge on any atom is -0.444 e. The lowest BCUT2D eigenvalue weighted by molar-refractivity contribution is -0.120. The zero-order chi connectivity index (χ0) is 28.8. The van der Waals surface area contributed by atoms with Gasteiger partial charge in [0, 0.05) is 0 Å². The summed E-state index contributed by atoms with van der Waals surface area (Å²) in [4.78, 5) is 24.4. The zero-order valence-corrected chi connectivity index (χ0v) is 25.5. The van der Waals surface area contributed by atoms with Crippen LogP contribution in [0.1, 0.15) is 88.0 Å². The molecule has 216 valence electrons. The van der Waals surface area contributed by atoms with Crippen LogP contribution in [0.15, 0.2) is 0 Å². The summed E-state index contributed by atoms with van der Waals surface area (Å²) >= 11 is 0. The van der Waals surface area contributed by atoms with Gasteiger partial charge in [0.2, 0.25) is 15.9 Å². The summed E-state index contributed by atoms with van der Waals surface area (Å²) in [5.74, 6) is 0.379. The molecule has 1 saturated carbocycles. The highest BCUT2D eigenvalue weighted by Crippen LogP contribution is 2.51. The Morgan fingerprint density at radius 2 is 1.76 bits per heavy atom. The Kier molecular flexibility index (Phi) is 11.9. The highest BCUT2D eigenvalue weighted by Gasteiger charge is 2.57. The van der Waals surface area contributed by atoms with E-state index in [0.717, 1.165) is 31.9 Å². The maximum atomic E-state index is 12.6. The second kappa shape index (κ2) is 13.1. The van der Waals surface area contributed by atoms with E-state index >= 15 is 0 Å². The molecule has 1 aliphatic heterocycles. The predicted molar refractivity (Wildman–Crippen MR) is 146 cm³/mol. The van der Waals surface area contributed by atoms with Crippen LogP contribution in [0.2, 0.25) is 0 Å². The van der Waals surface area contributed by atoms with Crippen LogP contribution in [0.4, 0.5) is 4.79 Å². The molecule has 1 aliphatic carbocycles. The average molecular weight is 548 g/mol. The second-order valence-corrected chi connectivity index (χ2v) is 14.5. The molecule has 37 heavy (non-hydrogen) atoms.